The smallest absolute Gasteiger partial charge is 0.226 e. The van der Waals surface area contributed by atoms with Gasteiger partial charge in [-0.05, 0) is 29.7 Å². The first-order valence-electron chi connectivity index (χ1n) is 7.79. The van der Waals surface area contributed by atoms with Gasteiger partial charge in [-0.3, -0.25) is 0 Å². The molecular weight excluding hydrogens is 326 g/mol. The lowest BCUT2D eigenvalue weighted by molar-refractivity contribution is 0.271. The van der Waals surface area contributed by atoms with Crippen molar-refractivity contribution in [3.63, 3.8) is 0 Å². The van der Waals surface area contributed by atoms with E-state index >= 15 is 0 Å². The van der Waals surface area contributed by atoms with E-state index < -0.39 is 9.84 Å². The van der Waals surface area contributed by atoms with Gasteiger partial charge < -0.3 is 15.5 Å². The average Bonchev–Trinajstić information content (AvgIpc) is 2.94. The van der Waals surface area contributed by atoms with Crippen molar-refractivity contribution >= 4 is 9.84 Å². The van der Waals surface area contributed by atoms with Crippen molar-refractivity contribution < 1.29 is 12.8 Å². The zero-order valence-electron chi connectivity index (χ0n) is 14.5. The van der Waals surface area contributed by atoms with Crippen LogP contribution in [0.4, 0.5) is 0 Å². The molecule has 0 bridgehead atoms. The number of hydrogen-bond acceptors (Lipinski definition) is 6. The van der Waals surface area contributed by atoms with Gasteiger partial charge >= 0.3 is 0 Å². The molecule has 7 heteroatoms. The fourth-order valence-corrected chi connectivity index (χ4v) is 2.97. The maximum Gasteiger partial charge on any atom is 0.226 e. The lowest BCUT2D eigenvalue weighted by atomic mass is 9.87. The topological polar surface area (TPSA) is 98.2 Å². The summed E-state index contributed by atoms with van der Waals surface area (Å²) in [5, 5.41) is 3.39. The van der Waals surface area contributed by atoms with Crippen LogP contribution in [0.2, 0.25) is 0 Å². The van der Waals surface area contributed by atoms with Crippen LogP contribution in [0.5, 0.6) is 0 Å². The summed E-state index contributed by atoms with van der Waals surface area (Å²) in [6, 6.07) is 6.66. The molecule has 0 aliphatic rings. The number of nitrogens with two attached hydrogens (primary N) is 1. The summed E-state index contributed by atoms with van der Waals surface area (Å²) in [4.78, 5) is 4.71. The molecule has 0 spiro atoms. The summed E-state index contributed by atoms with van der Waals surface area (Å²) in [7, 11) is -3.20. The van der Waals surface area contributed by atoms with Gasteiger partial charge in [-0.2, -0.15) is 0 Å². The summed E-state index contributed by atoms with van der Waals surface area (Å²) in [5.41, 5.74) is 7.39. The van der Waals surface area contributed by atoms with Crippen molar-refractivity contribution in [1.29, 1.82) is 0 Å². The number of rotatable bonds is 6. The Bertz CT molecular complexity index is 774. The van der Waals surface area contributed by atoms with Crippen molar-refractivity contribution in [3.8, 4) is 11.5 Å². The number of benzene rings is 1. The van der Waals surface area contributed by atoms with Gasteiger partial charge in [0.15, 0.2) is 9.84 Å². The first-order chi connectivity index (χ1) is 11.1. The monoisotopic (exact) mass is 351 g/mol. The molecule has 0 aliphatic heterocycles. The van der Waals surface area contributed by atoms with E-state index in [1.165, 1.54) is 6.26 Å². The van der Waals surface area contributed by atoms with Gasteiger partial charge in [0.05, 0.1) is 10.6 Å². The number of oxazole rings is 1. The third-order valence-electron chi connectivity index (χ3n) is 3.89. The molecule has 1 aromatic carbocycles. The molecule has 0 amide bonds. The fraction of sp³-hybridized carbons (Fsp3) is 0.471. The Morgan fingerprint density at radius 2 is 1.88 bits per heavy atom. The molecule has 1 heterocycles. The number of nitrogens with zero attached hydrogens (tertiary/aromatic N) is 1. The summed E-state index contributed by atoms with van der Waals surface area (Å²) in [5.74, 6) is 0.465. The van der Waals surface area contributed by atoms with Crippen LogP contribution < -0.4 is 11.1 Å². The Morgan fingerprint density at radius 1 is 1.25 bits per heavy atom. The van der Waals surface area contributed by atoms with Gasteiger partial charge in [0.1, 0.15) is 6.26 Å². The van der Waals surface area contributed by atoms with Gasteiger partial charge in [-0.15, -0.1) is 0 Å². The van der Waals surface area contributed by atoms with Gasteiger partial charge in [-0.25, -0.2) is 13.4 Å². The molecule has 1 atom stereocenters. The van der Waals surface area contributed by atoms with Crippen LogP contribution in [0, 0.1) is 5.41 Å². The van der Waals surface area contributed by atoms with E-state index in [1.807, 2.05) is 0 Å². The van der Waals surface area contributed by atoms with Gasteiger partial charge in [-0.1, -0.05) is 20.8 Å². The Balaban J connectivity index is 2.08. The predicted octanol–water partition coefficient (Wildman–Crippen LogP) is 2.21. The number of hydrogen-bond donors (Lipinski definition) is 2. The minimum absolute atomic E-state index is 0.0583. The summed E-state index contributed by atoms with van der Waals surface area (Å²) in [6.45, 7) is 7.50. The molecule has 0 saturated heterocycles. The molecular formula is C17H25N3O3S. The van der Waals surface area contributed by atoms with E-state index in [4.69, 9.17) is 10.2 Å². The predicted molar refractivity (Wildman–Crippen MR) is 94.2 cm³/mol. The average molecular weight is 351 g/mol. The van der Waals surface area contributed by atoms with Crippen molar-refractivity contribution in [3.05, 3.63) is 36.2 Å². The highest BCUT2D eigenvalue weighted by Crippen LogP contribution is 2.22. The molecule has 132 valence electrons. The largest absolute Gasteiger partial charge is 0.444 e. The van der Waals surface area contributed by atoms with Crippen LogP contribution in [0.3, 0.4) is 0 Å². The van der Waals surface area contributed by atoms with Crippen LogP contribution in [-0.2, 0) is 16.4 Å². The Kier molecular flexibility index (Phi) is 5.47. The molecule has 6 nitrogen and oxygen atoms in total. The zero-order chi connectivity index (χ0) is 18.0. The van der Waals surface area contributed by atoms with E-state index in [0.717, 1.165) is 11.3 Å². The number of nitrogens with one attached hydrogen (secondary N) is 1. The van der Waals surface area contributed by atoms with Crippen LogP contribution in [0.15, 0.2) is 39.8 Å². The second-order valence-electron chi connectivity index (χ2n) is 6.98. The Morgan fingerprint density at radius 3 is 2.38 bits per heavy atom. The first kappa shape index (κ1) is 18.6. The Labute approximate surface area is 143 Å². The minimum Gasteiger partial charge on any atom is -0.444 e. The van der Waals surface area contributed by atoms with Crippen molar-refractivity contribution in [1.82, 2.24) is 10.3 Å². The Hall–Kier alpha value is -1.70. The quantitative estimate of drug-likeness (QED) is 0.828. The molecule has 0 fully saturated rings. The summed E-state index contributed by atoms with van der Waals surface area (Å²) < 4.78 is 28.5. The summed E-state index contributed by atoms with van der Waals surface area (Å²) in [6.07, 6.45) is 2.78. The van der Waals surface area contributed by atoms with Crippen LogP contribution in [-0.4, -0.2) is 32.2 Å². The van der Waals surface area contributed by atoms with Gasteiger partial charge in [0.25, 0.3) is 0 Å². The second-order valence-corrected chi connectivity index (χ2v) is 8.99. The van der Waals surface area contributed by atoms with Crippen LogP contribution in [0.25, 0.3) is 11.5 Å². The standard InChI is InChI=1S/C17H25N3O3S/c1-17(2,3)15(9-18)19-10-13-11-23-16(20-13)12-5-7-14(8-6-12)24(4,21)22/h5-8,11,15,19H,9-10,18H2,1-4H3. The van der Waals surface area contributed by atoms with Crippen molar-refractivity contribution in [2.24, 2.45) is 11.1 Å². The van der Waals surface area contributed by atoms with E-state index in [0.29, 0.717) is 19.0 Å². The molecule has 3 N–H and O–H groups in total. The molecule has 0 radical (unpaired) electrons. The number of aromatic nitrogens is 1. The maximum atomic E-state index is 11.5. The highest BCUT2D eigenvalue weighted by atomic mass is 32.2. The third kappa shape index (κ3) is 4.66. The van der Waals surface area contributed by atoms with E-state index in [2.05, 4.69) is 31.1 Å². The van der Waals surface area contributed by atoms with Crippen LogP contribution in [0.1, 0.15) is 26.5 Å². The van der Waals surface area contributed by atoms with Crippen molar-refractivity contribution in [2.75, 3.05) is 12.8 Å². The molecule has 0 saturated carbocycles. The highest BCUT2D eigenvalue weighted by molar-refractivity contribution is 7.90. The van der Waals surface area contributed by atoms with Crippen LogP contribution >= 0.6 is 0 Å². The molecule has 2 aromatic rings. The molecule has 24 heavy (non-hydrogen) atoms. The van der Waals surface area contributed by atoms with Crippen molar-refractivity contribution in [2.45, 2.75) is 38.3 Å². The normalized spacial score (nSPS) is 13.9. The number of sulfone groups is 1. The third-order valence-corrected chi connectivity index (χ3v) is 5.02. The molecule has 1 aromatic heterocycles. The highest BCUT2D eigenvalue weighted by Gasteiger charge is 2.22. The maximum absolute atomic E-state index is 11.5. The summed E-state index contributed by atoms with van der Waals surface area (Å²) >= 11 is 0. The van der Waals surface area contributed by atoms with Gasteiger partial charge in [0.2, 0.25) is 5.89 Å². The molecule has 1 unspecified atom stereocenters. The van der Waals surface area contributed by atoms with E-state index in [1.54, 1.807) is 30.5 Å². The lowest BCUT2D eigenvalue weighted by Gasteiger charge is -2.30. The molecule has 2 rings (SSSR count). The lowest BCUT2D eigenvalue weighted by Crippen LogP contribution is -2.45. The first-order valence-corrected chi connectivity index (χ1v) is 9.69. The second kappa shape index (κ2) is 7.04. The van der Waals surface area contributed by atoms with Gasteiger partial charge in [0, 0.05) is 31.0 Å². The van der Waals surface area contributed by atoms with E-state index in [-0.39, 0.29) is 16.4 Å². The van der Waals surface area contributed by atoms with E-state index in [9.17, 15) is 8.42 Å². The zero-order valence-corrected chi connectivity index (χ0v) is 15.4. The fourth-order valence-electron chi connectivity index (χ4n) is 2.34. The minimum atomic E-state index is -3.20. The molecule has 0 aliphatic carbocycles. The SMILES string of the molecule is CC(C)(C)C(CN)NCc1coc(-c2ccc(S(C)(=O)=O)cc2)n1.